The largest absolute Gasteiger partial charge is 0.398 e. The quantitative estimate of drug-likeness (QED) is 0.149. The van der Waals surface area contributed by atoms with Gasteiger partial charge < -0.3 is 15.0 Å². The maximum Gasteiger partial charge on any atom is 0.171 e. The number of hydrogen-bond acceptors (Lipinski definition) is 7. The topological polar surface area (TPSA) is 73.6 Å². The van der Waals surface area contributed by atoms with Gasteiger partial charge >= 0.3 is 0 Å². The van der Waals surface area contributed by atoms with Crippen molar-refractivity contribution in [3.63, 3.8) is 0 Å². The first-order valence-electron chi connectivity index (χ1n) is 15.0. The zero-order chi connectivity index (χ0) is 31.5. The van der Waals surface area contributed by atoms with Crippen LogP contribution in [0.3, 0.4) is 0 Å². The van der Waals surface area contributed by atoms with E-state index in [0.29, 0.717) is 35.6 Å². The predicted molar refractivity (Wildman–Crippen MR) is 184 cm³/mol. The number of nitrogens with two attached hydrogens (primary N) is 1. The minimum Gasteiger partial charge on any atom is -0.398 e. The molecule has 2 atom stereocenters. The number of aliphatic imine (C=N–C) groups is 1. The molecule has 1 aromatic carbocycles. The summed E-state index contributed by atoms with van der Waals surface area (Å²) in [6.07, 6.45) is 8.85. The first-order chi connectivity index (χ1) is 20.1. The van der Waals surface area contributed by atoms with E-state index in [2.05, 4.69) is 41.8 Å². The molecule has 8 heteroatoms. The summed E-state index contributed by atoms with van der Waals surface area (Å²) in [6.45, 7) is 15.7. The number of halogens is 1. The van der Waals surface area contributed by atoms with Crippen LogP contribution < -0.4 is 5.73 Å². The molecule has 0 amide bonds. The zero-order valence-electron chi connectivity index (χ0n) is 26.9. The van der Waals surface area contributed by atoms with Crippen LogP contribution in [0.1, 0.15) is 91.8 Å². The van der Waals surface area contributed by atoms with Crippen molar-refractivity contribution in [2.24, 2.45) is 10.7 Å². The second kappa shape index (κ2) is 21.4. The second-order valence-electron chi connectivity index (χ2n) is 10.2. The van der Waals surface area contributed by atoms with Crippen molar-refractivity contribution in [1.82, 2.24) is 5.16 Å². The predicted octanol–water partition coefficient (Wildman–Crippen LogP) is 10.0. The van der Waals surface area contributed by atoms with Crippen molar-refractivity contribution in [3.05, 3.63) is 76.0 Å². The number of allylic oxidation sites excluding steroid dienone is 4. The Kier molecular flexibility index (Phi) is 19.2. The van der Waals surface area contributed by atoms with Crippen LogP contribution in [0.2, 0.25) is 0 Å². The monoisotopic (exact) mass is 617 g/mol. The molecule has 0 bridgehead atoms. The van der Waals surface area contributed by atoms with Crippen LogP contribution in [0, 0.1) is 6.92 Å². The third-order valence-electron chi connectivity index (χ3n) is 6.69. The smallest absolute Gasteiger partial charge is 0.171 e. The van der Waals surface area contributed by atoms with E-state index in [9.17, 15) is 4.39 Å². The molecule has 0 saturated carbocycles. The molecule has 1 aliphatic heterocycles. The van der Waals surface area contributed by atoms with Crippen LogP contribution >= 0.6 is 24.4 Å². The molecule has 1 fully saturated rings. The number of aryl methyl sites for hydroxylation is 1. The van der Waals surface area contributed by atoms with Crippen molar-refractivity contribution in [3.8, 4) is 11.3 Å². The SMILES string of the molecule is CC=N/C(C)=C(C(\N)=C(/C)CC)/C(F)=C\CCC.CCS.Cc1noc(-c2ccccc2)c1CSCC1CCC(C)O1. The molecule has 2 heterocycles. The summed E-state index contributed by atoms with van der Waals surface area (Å²) in [5.41, 5.74) is 11.9. The molecule has 3 rings (SSSR count). The molecule has 1 aromatic heterocycles. The third-order valence-corrected chi connectivity index (χ3v) is 7.79. The molecule has 42 heavy (non-hydrogen) atoms. The fourth-order valence-electron chi connectivity index (χ4n) is 4.21. The van der Waals surface area contributed by atoms with E-state index in [-0.39, 0.29) is 5.83 Å². The van der Waals surface area contributed by atoms with Crippen LogP contribution in [0.25, 0.3) is 11.3 Å². The first kappa shape index (κ1) is 37.7. The Morgan fingerprint density at radius 3 is 2.40 bits per heavy atom. The lowest BCUT2D eigenvalue weighted by atomic mass is 10.0. The third kappa shape index (κ3) is 12.9. The average Bonchev–Trinajstić information content (AvgIpc) is 3.57. The van der Waals surface area contributed by atoms with E-state index < -0.39 is 0 Å². The molecule has 2 N–H and O–H groups in total. The van der Waals surface area contributed by atoms with Gasteiger partial charge in [-0.2, -0.15) is 24.4 Å². The van der Waals surface area contributed by atoms with Gasteiger partial charge in [0.1, 0.15) is 5.83 Å². The van der Waals surface area contributed by atoms with Gasteiger partial charge in [0.15, 0.2) is 5.76 Å². The van der Waals surface area contributed by atoms with Crippen molar-refractivity contribution < 1.29 is 13.7 Å². The maximum atomic E-state index is 14.2. The average molecular weight is 618 g/mol. The van der Waals surface area contributed by atoms with Gasteiger partial charge in [-0.1, -0.05) is 62.7 Å². The van der Waals surface area contributed by atoms with Gasteiger partial charge in [-0.25, -0.2) is 4.39 Å². The minimum absolute atomic E-state index is 0.273. The Morgan fingerprint density at radius 2 is 1.86 bits per heavy atom. The summed E-state index contributed by atoms with van der Waals surface area (Å²) < 4.78 is 25.6. The van der Waals surface area contributed by atoms with E-state index in [4.69, 9.17) is 15.0 Å². The Labute approximate surface area is 263 Å². The highest BCUT2D eigenvalue weighted by atomic mass is 32.2. The summed E-state index contributed by atoms with van der Waals surface area (Å²) in [4.78, 5) is 4.15. The highest BCUT2D eigenvalue weighted by molar-refractivity contribution is 7.98. The molecule has 0 radical (unpaired) electrons. The van der Waals surface area contributed by atoms with Crippen LogP contribution in [-0.2, 0) is 10.5 Å². The normalized spacial score (nSPS) is 18.1. The highest BCUT2D eigenvalue weighted by Crippen LogP contribution is 2.31. The van der Waals surface area contributed by atoms with E-state index in [1.807, 2.05) is 64.6 Å². The number of ether oxygens (including phenoxy) is 1. The maximum absolute atomic E-state index is 14.2. The van der Waals surface area contributed by atoms with Gasteiger partial charge in [-0.15, -0.1) is 0 Å². The second-order valence-corrected chi connectivity index (χ2v) is 11.8. The van der Waals surface area contributed by atoms with E-state index >= 15 is 0 Å². The number of unbranched alkanes of at least 4 members (excludes halogenated alkanes) is 1. The zero-order valence-corrected chi connectivity index (χ0v) is 28.6. The van der Waals surface area contributed by atoms with E-state index in [0.717, 1.165) is 52.7 Å². The van der Waals surface area contributed by atoms with Crippen molar-refractivity contribution >= 4 is 30.6 Å². The number of aromatic nitrogens is 1. The molecule has 5 nitrogen and oxygen atoms in total. The standard InChI is InChI=1S/C17H21NO2S.C15H25FN2.C2H6S/c1-12-8-9-15(19-12)10-21-11-16-13(2)18-20-17(16)14-6-4-3-5-7-14;1-6-9-10-13(16)14(12(5)18-8-3)15(17)11(4)7-2;1-2-3/h3-7,12,15H,8-11H2,1-2H3;8,10H,6-7,9,17H2,1-5H3;3H,2H2,1H3/b;13-10+,14-12-,15-11-,18-8?;. The summed E-state index contributed by atoms with van der Waals surface area (Å²) in [5, 5.41) is 4.14. The minimum atomic E-state index is -0.273. The number of thioether (sulfide) groups is 1. The summed E-state index contributed by atoms with van der Waals surface area (Å²) in [5.74, 6) is 3.54. The highest BCUT2D eigenvalue weighted by Gasteiger charge is 2.22. The summed E-state index contributed by atoms with van der Waals surface area (Å²) in [7, 11) is 0. The van der Waals surface area contributed by atoms with Crippen molar-refractivity contribution in [2.75, 3.05) is 11.5 Å². The van der Waals surface area contributed by atoms with Crippen molar-refractivity contribution in [2.45, 2.75) is 105 Å². The van der Waals surface area contributed by atoms with E-state index in [1.54, 1.807) is 26.1 Å². The number of rotatable bonds is 11. The summed E-state index contributed by atoms with van der Waals surface area (Å²) >= 11 is 5.70. The molecule has 2 aromatic rings. The number of hydrogen-bond donors (Lipinski definition) is 2. The number of benzene rings is 1. The van der Waals surface area contributed by atoms with Gasteiger partial charge in [0.05, 0.1) is 23.5 Å². The van der Waals surface area contributed by atoms with Gasteiger partial charge in [0.2, 0.25) is 0 Å². The van der Waals surface area contributed by atoms with Gasteiger partial charge in [0, 0.05) is 40.2 Å². The molecule has 1 saturated heterocycles. The Morgan fingerprint density at radius 1 is 1.19 bits per heavy atom. The fraction of sp³-hybridized carbons (Fsp3) is 0.529. The Bertz CT molecular complexity index is 1170. The molecule has 0 aliphatic carbocycles. The van der Waals surface area contributed by atoms with Crippen LogP contribution in [0.15, 0.2) is 74.3 Å². The molecule has 234 valence electrons. The van der Waals surface area contributed by atoms with Gasteiger partial charge in [-0.3, -0.25) is 4.99 Å². The van der Waals surface area contributed by atoms with Gasteiger partial charge in [-0.05, 0) is 77.7 Å². The molecule has 1 aliphatic rings. The molecule has 0 spiro atoms. The van der Waals surface area contributed by atoms with Crippen LogP contribution in [-0.4, -0.2) is 35.1 Å². The Balaban J connectivity index is 0.000000390. The summed E-state index contributed by atoms with van der Waals surface area (Å²) in [6, 6.07) is 10.2. The van der Waals surface area contributed by atoms with E-state index in [1.165, 1.54) is 18.4 Å². The molecule has 2 unspecified atom stereocenters. The van der Waals surface area contributed by atoms with Gasteiger partial charge in [0.25, 0.3) is 0 Å². The lowest BCUT2D eigenvalue weighted by molar-refractivity contribution is 0.0700. The van der Waals surface area contributed by atoms with Crippen LogP contribution in [0.4, 0.5) is 4.39 Å². The lowest BCUT2D eigenvalue weighted by Gasteiger charge is -2.11. The molecular formula is C34H52FN3O2S2. The first-order valence-corrected chi connectivity index (χ1v) is 16.8. The Hall–Kier alpha value is -2.29. The molecular weight excluding hydrogens is 566 g/mol. The lowest BCUT2D eigenvalue weighted by Crippen LogP contribution is -2.11. The number of thiol groups is 1. The fourth-order valence-corrected chi connectivity index (χ4v) is 5.38. The number of nitrogens with zero attached hydrogens (tertiary/aromatic N) is 2. The van der Waals surface area contributed by atoms with Crippen molar-refractivity contribution in [1.29, 1.82) is 0 Å². The van der Waals surface area contributed by atoms with Crippen LogP contribution in [0.5, 0.6) is 0 Å².